The molecule has 2 rings (SSSR count). The van der Waals surface area contributed by atoms with Gasteiger partial charge in [0.25, 0.3) is 0 Å². The third kappa shape index (κ3) is 3.96. The summed E-state index contributed by atoms with van der Waals surface area (Å²) in [5, 5.41) is 7.39. The highest BCUT2D eigenvalue weighted by Gasteiger charge is 2.23. The van der Waals surface area contributed by atoms with Crippen LogP contribution in [-0.2, 0) is 11.3 Å². The van der Waals surface area contributed by atoms with Gasteiger partial charge in [0.15, 0.2) is 0 Å². The number of amides is 1. The second-order valence-corrected chi connectivity index (χ2v) is 4.77. The molecule has 6 heteroatoms. The maximum absolute atomic E-state index is 11.5. The van der Waals surface area contributed by atoms with Gasteiger partial charge in [0.2, 0.25) is 0 Å². The Morgan fingerprint density at radius 3 is 2.89 bits per heavy atom. The molecule has 0 unspecified atom stereocenters. The molecule has 1 N–H and O–H groups in total. The molecule has 1 aromatic heterocycles. The van der Waals surface area contributed by atoms with Crippen molar-refractivity contribution in [3.05, 3.63) is 17.5 Å². The molecule has 1 saturated heterocycles. The van der Waals surface area contributed by atoms with Crippen molar-refractivity contribution < 1.29 is 14.1 Å². The number of nitrogens with one attached hydrogen (secondary N) is 1. The Morgan fingerprint density at radius 1 is 1.58 bits per heavy atom. The Bertz CT molecular complexity index is 411. The number of ether oxygens (including phenoxy) is 1. The molecule has 2 heterocycles. The smallest absolute Gasteiger partial charge is 0.409 e. The zero-order valence-electron chi connectivity index (χ0n) is 11.5. The number of hydrogen-bond acceptors (Lipinski definition) is 5. The van der Waals surface area contributed by atoms with Crippen LogP contribution in [0.25, 0.3) is 0 Å². The van der Waals surface area contributed by atoms with E-state index in [0.29, 0.717) is 19.2 Å². The molecule has 0 radical (unpaired) electrons. The number of carbonyl (C=O) groups excluding carboxylic acids is 1. The van der Waals surface area contributed by atoms with E-state index in [9.17, 15) is 4.79 Å². The summed E-state index contributed by atoms with van der Waals surface area (Å²) < 4.78 is 10.0. The van der Waals surface area contributed by atoms with Gasteiger partial charge < -0.3 is 19.5 Å². The molecular formula is C13H21N3O3. The van der Waals surface area contributed by atoms with Gasteiger partial charge in [-0.3, -0.25) is 0 Å². The maximum Gasteiger partial charge on any atom is 0.409 e. The van der Waals surface area contributed by atoms with Crippen LogP contribution in [0.1, 0.15) is 31.2 Å². The lowest BCUT2D eigenvalue weighted by Gasteiger charge is -2.31. The minimum atomic E-state index is -0.201. The van der Waals surface area contributed by atoms with Crippen LogP contribution in [0.15, 0.2) is 10.6 Å². The number of likely N-dealkylation sites (tertiary alicyclic amines) is 1. The molecule has 1 aliphatic heterocycles. The normalized spacial score (nSPS) is 16.6. The number of piperidine rings is 1. The highest BCUT2D eigenvalue weighted by atomic mass is 16.6. The quantitative estimate of drug-likeness (QED) is 0.899. The first-order chi connectivity index (χ1) is 9.19. The molecule has 0 spiro atoms. The van der Waals surface area contributed by atoms with Crippen molar-refractivity contribution in [2.75, 3.05) is 19.7 Å². The highest BCUT2D eigenvalue weighted by molar-refractivity contribution is 5.67. The minimum absolute atomic E-state index is 0.201. The molecule has 6 nitrogen and oxygen atoms in total. The summed E-state index contributed by atoms with van der Waals surface area (Å²) >= 11 is 0. The van der Waals surface area contributed by atoms with Crippen molar-refractivity contribution in [2.24, 2.45) is 0 Å². The van der Waals surface area contributed by atoms with Gasteiger partial charge in [-0.1, -0.05) is 5.16 Å². The SMILES string of the molecule is CCOC(=O)N1CCC(NCc2cc(C)on2)CC1. The van der Waals surface area contributed by atoms with E-state index < -0.39 is 0 Å². The van der Waals surface area contributed by atoms with Crippen molar-refractivity contribution in [1.82, 2.24) is 15.4 Å². The summed E-state index contributed by atoms with van der Waals surface area (Å²) in [6, 6.07) is 2.35. The summed E-state index contributed by atoms with van der Waals surface area (Å²) in [5.41, 5.74) is 0.922. The second-order valence-electron chi connectivity index (χ2n) is 4.77. The molecular weight excluding hydrogens is 246 g/mol. The predicted octanol–water partition coefficient (Wildman–Crippen LogP) is 1.69. The number of hydrogen-bond donors (Lipinski definition) is 1. The lowest BCUT2D eigenvalue weighted by molar-refractivity contribution is 0.0949. The fourth-order valence-electron chi connectivity index (χ4n) is 2.23. The summed E-state index contributed by atoms with van der Waals surface area (Å²) in [6.45, 7) is 6.34. The van der Waals surface area contributed by atoms with Gasteiger partial charge in [0.1, 0.15) is 5.76 Å². The molecule has 0 aromatic carbocycles. The van der Waals surface area contributed by atoms with Crippen molar-refractivity contribution in [1.29, 1.82) is 0 Å². The Kier molecular flexibility index (Phi) is 4.79. The monoisotopic (exact) mass is 267 g/mol. The van der Waals surface area contributed by atoms with Crippen LogP contribution in [0.3, 0.4) is 0 Å². The third-order valence-electron chi connectivity index (χ3n) is 3.27. The van der Waals surface area contributed by atoms with Crippen LogP contribution in [0, 0.1) is 6.92 Å². The summed E-state index contributed by atoms with van der Waals surface area (Å²) in [7, 11) is 0. The van der Waals surface area contributed by atoms with E-state index in [-0.39, 0.29) is 6.09 Å². The first-order valence-electron chi connectivity index (χ1n) is 6.76. The number of carbonyl (C=O) groups is 1. The van der Waals surface area contributed by atoms with Gasteiger partial charge in [-0.2, -0.15) is 0 Å². The fourth-order valence-corrected chi connectivity index (χ4v) is 2.23. The van der Waals surface area contributed by atoms with Crippen LogP contribution in [-0.4, -0.2) is 41.9 Å². The Labute approximate surface area is 113 Å². The number of nitrogens with zero attached hydrogens (tertiary/aromatic N) is 2. The maximum atomic E-state index is 11.5. The van der Waals surface area contributed by atoms with Crippen molar-refractivity contribution in [3.8, 4) is 0 Å². The van der Waals surface area contributed by atoms with Gasteiger partial charge in [-0.25, -0.2) is 4.79 Å². The van der Waals surface area contributed by atoms with Crippen molar-refractivity contribution in [3.63, 3.8) is 0 Å². The third-order valence-corrected chi connectivity index (χ3v) is 3.27. The molecule has 0 aliphatic carbocycles. The van der Waals surface area contributed by atoms with Gasteiger partial charge in [-0.15, -0.1) is 0 Å². The van der Waals surface area contributed by atoms with E-state index in [1.165, 1.54) is 0 Å². The lowest BCUT2D eigenvalue weighted by atomic mass is 10.1. The van der Waals surface area contributed by atoms with Gasteiger partial charge in [0, 0.05) is 31.7 Å². The zero-order chi connectivity index (χ0) is 13.7. The predicted molar refractivity (Wildman–Crippen MR) is 69.7 cm³/mol. The van der Waals surface area contributed by atoms with E-state index >= 15 is 0 Å². The Hall–Kier alpha value is -1.56. The Morgan fingerprint density at radius 2 is 2.32 bits per heavy atom. The Balaban J connectivity index is 1.70. The van der Waals surface area contributed by atoms with Crippen LogP contribution in [0.5, 0.6) is 0 Å². The summed E-state index contributed by atoms with van der Waals surface area (Å²) in [4.78, 5) is 13.3. The van der Waals surface area contributed by atoms with Crippen LogP contribution < -0.4 is 5.32 Å². The summed E-state index contributed by atoms with van der Waals surface area (Å²) in [5.74, 6) is 0.828. The number of aryl methyl sites for hydroxylation is 1. The van der Waals surface area contributed by atoms with Crippen LogP contribution >= 0.6 is 0 Å². The second kappa shape index (κ2) is 6.56. The molecule has 0 saturated carbocycles. The topological polar surface area (TPSA) is 67.6 Å². The van der Waals surface area contributed by atoms with Crippen molar-refractivity contribution in [2.45, 2.75) is 39.3 Å². The average molecular weight is 267 g/mol. The van der Waals surface area contributed by atoms with E-state index in [2.05, 4.69) is 10.5 Å². The van der Waals surface area contributed by atoms with E-state index in [0.717, 1.165) is 37.4 Å². The van der Waals surface area contributed by atoms with Gasteiger partial charge >= 0.3 is 6.09 Å². The largest absolute Gasteiger partial charge is 0.450 e. The first-order valence-corrected chi connectivity index (χ1v) is 6.76. The molecule has 19 heavy (non-hydrogen) atoms. The average Bonchev–Trinajstić information content (AvgIpc) is 2.83. The first kappa shape index (κ1) is 13.9. The van der Waals surface area contributed by atoms with Gasteiger partial charge in [-0.05, 0) is 26.7 Å². The fraction of sp³-hybridized carbons (Fsp3) is 0.692. The number of rotatable bonds is 4. The molecule has 106 valence electrons. The van der Waals surface area contributed by atoms with Crippen molar-refractivity contribution >= 4 is 6.09 Å². The molecule has 1 aliphatic rings. The molecule has 1 fully saturated rings. The zero-order valence-corrected chi connectivity index (χ0v) is 11.5. The van der Waals surface area contributed by atoms with Gasteiger partial charge in [0.05, 0.1) is 12.3 Å². The van der Waals surface area contributed by atoms with Crippen LogP contribution in [0.2, 0.25) is 0 Å². The van der Waals surface area contributed by atoms with E-state index in [4.69, 9.17) is 9.26 Å². The highest BCUT2D eigenvalue weighted by Crippen LogP contribution is 2.12. The molecule has 0 atom stereocenters. The number of aromatic nitrogens is 1. The standard InChI is InChI=1S/C13H21N3O3/c1-3-18-13(17)16-6-4-11(5-7-16)14-9-12-8-10(2)19-15-12/h8,11,14H,3-7,9H2,1-2H3. The van der Waals surface area contributed by atoms with E-state index in [1.807, 2.05) is 19.9 Å². The molecule has 1 amide bonds. The molecule has 0 bridgehead atoms. The minimum Gasteiger partial charge on any atom is -0.450 e. The molecule has 1 aromatic rings. The lowest BCUT2D eigenvalue weighted by Crippen LogP contribution is -2.44. The summed E-state index contributed by atoms with van der Waals surface area (Å²) in [6.07, 6.45) is 1.68. The van der Waals surface area contributed by atoms with E-state index in [1.54, 1.807) is 4.90 Å². The van der Waals surface area contributed by atoms with Crippen LogP contribution in [0.4, 0.5) is 4.79 Å².